The third kappa shape index (κ3) is 1.75. The Morgan fingerprint density at radius 3 is 2.61 bits per heavy atom. The van der Waals surface area contributed by atoms with Crippen LogP contribution in [-0.2, 0) is 6.54 Å². The van der Waals surface area contributed by atoms with Gasteiger partial charge in [-0.05, 0) is 6.07 Å². The lowest BCUT2D eigenvalue weighted by Crippen LogP contribution is -2.06. The summed E-state index contributed by atoms with van der Waals surface area (Å²) in [6.45, 7) is 0.585. The minimum atomic E-state index is 0.585. The van der Waals surface area contributed by atoms with E-state index in [1.165, 1.54) is 0 Å². The molecule has 1 aliphatic rings. The Morgan fingerprint density at radius 2 is 1.70 bits per heavy atom. The summed E-state index contributed by atoms with van der Waals surface area (Å²) in [6, 6.07) is 18.2. The fourth-order valence-electron chi connectivity index (χ4n) is 3.06. The molecule has 4 aromatic rings. The van der Waals surface area contributed by atoms with Crippen LogP contribution in [0.25, 0.3) is 28.2 Å². The van der Waals surface area contributed by atoms with E-state index in [1.54, 1.807) is 6.20 Å². The first-order valence-corrected chi connectivity index (χ1v) is 7.40. The maximum Gasteiger partial charge on any atom is 0.118 e. The Bertz CT molecular complexity index is 999. The van der Waals surface area contributed by atoms with Crippen LogP contribution in [0.2, 0.25) is 0 Å². The summed E-state index contributed by atoms with van der Waals surface area (Å²) >= 11 is 0. The van der Waals surface area contributed by atoms with E-state index in [0.29, 0.717) is 6.54 Å². The highest BCUT2D eigenvalue weighted by Gasteiger charge is 2.24. The van der Waals surface area contributed by atoms with Crippen molar-refractivity contribution in [1.29, 1.82) is 0 Å². The molecule has 0 fully saturated rings. The van der Waals surface area contributed by atoms with Crippen LogP contribution >= 0.6 is 0 Å². The number of aromatic nitrogens is 6. The maximum absolute atomic E-state index is 4.42. The average molecular weight is 300 g/mol. The molecule has 6 heteroatoms. The lowest BCUT2D eigenvalue weighted by atomic mass is 10.1. The van der Waals surface area contributed by atoms with Crippen molar-refractivity contribution in [3.63, 3.8) is 0 Å². The zero-order valence-corrected chi connectivity index (χ0v) is 12.2. The van der Waals surface area contributed by atoms with Gasteiger partial charge < -0.3 is 0 Å². The number of fused-ring (bicyclic) bond motifs is 5. The monoisotopic (exact) mass is 300 g/mol. The van der Waals surface area contributed by atoms with Gasteiger partial charge in [-0.15, -0.1) is 10.2 Å². The second-order valence-corrected chi connectivity index (χ2v) is 5.46. The van der Waals surface area contributed by atoms with Crippen LogP contribution in [0.1, 0.15) is 5.69 Å². The smallest absolute Gasteiger partial charge is 0.118 e. The van der Waals surface area contributed by atoms with E-state index < -0.39 is 0 Å². The summed E-state index contributed by atoms with van der Waals surface area (Å²) in [5.74, 6) is 0. The van der Waals surface area contributed by atoms with Crippen LogP contribution in [0.4, 0.5) is 0 Å². The molecule has 0 saturated heterocycles. The third-order valence-electron chi connectivity index (χ3n) is 4.14. The van der Waals surface area contributed by atoms with E-state index in [0.717, 1.165) is 33.9 Å². The third-order valence-corrected chi connectivity index (χ3v) is 4.14. The van der Waals surface area contributed by atoms with Crippen LogP contribution in [-0.4, -0.2) is 30.0 Å². The van der Waals surface area contributed by atoms with Gasteiger partial charge in [0.2, 0.25) is 0 Å². The number of rotatable bonds is 1. The van der Waals surface area contributed by atoms with Crippen LogP contribution < -0.4 is 0 Å². The lowest BCUT2D eigenvalue weighted by Gasteiger charge is -2.06. The second-order valence-electron chi connectivity index (χ2n) is 5.46. The molecule has 0 amide bonds. The van der Waals surface area contributed by atoms with E-state index in [9.17, 15) is 0 Å². The molecule has 0 aliphatic carbocycles. The Labute approximate surface area is 132 Å². The highest BCUT2D eigenvalue weighted by atomic mass is 15.5. The number of para-hydroxylation sites is 1. The van der Waals surface area contributed by atoms with Crippen molar-refractivity contribution in [1.82, 2.24) is 30.0 Å². The van der Waals surface area contributed by atoms with Gasteiger partial charge in [-0.2, -0.15) is 0 Å². The Hall–Kier alpha value is -3.28. The van der Waals surface area contributed by atoms with Gasteiger partial charge in [-0.25, -0.2) is 9.36 Å². The number of nitrogens with zero attached hydrogens (tertiary/aromatic N) is 6. The maximum atomic E-state index is 4.42. The molecular weight excluding hydrogens is 288 g/mol. The van der Waals surface area contributed by atoms with Crippen molar-refractivity contribution in [3.05, 3.63) is 66.5 Å². The zero-order chi connectivity index (χ0) is 15.2. The summed E-state index contributed by atoms with van der Waals surface area (Å²) in [7, 11) is 0. The van der Waals surface area contributed by atoms with E-state index >= 15 is 0 Å². The number of benzene rings is 2. The summed E-state index contributed by atoms with van der Waals surface area (Å²) in [5.41, 5.74) is 5.98. The first-order valence-electron chi connectivity index (χ1n) is 7.40. The van der Waals surface area contributed by atoms with Crippen molar-refractivity contribution in [2.75, 3.05) is 0 Å². The molecule has 0 radical (unpaired) electrons. The van der Waals surface area contributed by atoms with Gasteiger partial charge >= 0.3 is 0 Å². The van der Waals surface area contributed by atoms with Crippen molar-refractivity contribution in [2.45, 2.75) is 6.54 Å². The largest absolute Gasteiger partial charge is 0.239 e. The molecule has 5 rings (SSSR count). The van der Waals surface area contributed by atoms with E-state index in [4.69, 9.17) is 0 Å². The molecule has 2 aromatic heterocycles. The molecule has 0 spiro atoms. The van der Waals surface area contributed by atoms with Crippen LogP contribution in [0.3, 0.4) is 0 Å². The van der Waals surface area contributed by atoms with Gasteiger partial charge in [0.1, 0.15) is 5.69 Å². The molecular formula is C17H12N6. The molecule has 0 atom stereocenters. The Morgan fingerprint density at radius 1 is 0.870 bits per heavy atom. The predicted molar refractivity (Wildman–Crippen MR) is 84.9 cm³/mol. The van der Waals surface area contributed by atoms with Crippen LogP contribution in [0.15, 0.2) is 60.8 Å². The first-order chi connectivity index (χ1) is 11.4. The minimum absolute atomic E-state index is 0.585. The molecule has 0 N–H and O–H groups in total. The molecule has 1 aliphatic heterocycles. The fourth-order valence-corrected chi connectivity index (χ4v) is 3.06. The van der Waals surface area contributed by atoms with Gasteiger partial charge in [0.05, 0.1) is 29.8 Å². The van der Waals surface area contributed by atoms with Crippen molar-refractivity contribution < 1.29 is 0 Å². The summed E-state index contributed by atoms with van der Waals surface area (Å²) in [4.78, 5) is 0. The number of hydrogen-bond acceptors (Lipinski definition) is 4. The predicted octanol–water partition coefficient (Wildman–Crippen LogP) is 2.55. The van der Waals surface area contributed by atoms with E-state index in [-0.39, 0.29) is 0 Å². The molecule has 0 bridgehead atoms. The van der Waals surface area contributed by atoms with Gasteiger partial charge in [0.25, 0.3) is 0 Å². The topological polar surface area (TPSA) is 61.4 Å². The Balaban J connectivity index is 1.82. The normalized spacial score (nSPS) is 12.2. The van der Waals surface area contributed by atoms with Gasteiger partial charge in [-0.1, -0.05) is 59.0 Å². The van der Waals surface area contributed by atoms with Crippen molar-refractivity contribution in [3.8, 4) is 28.2 Å². The fraction of sp³-hybridized carbons (Fsp3) is 0.0588. The highest BCUT2D eigenvalue weighted by Crippen LogP contribution is 2.33. The average Bonchev–Trinajstić information content (AvgIpc) is 3.21. The van der Waals surface area contributed by atoms with Gasteiger partial charge in [0, 0.05) is 11.1 Å². The molecule has 3 heterocycles. The molecule has 23 heavy (non-hydrogen) atoms. The SMILES string of the molecule is c1ccc(-c2nnn3c2Cn2nncc2-c2ccccc2-3)cc1. The molecule has 110 valence electrons. The van der Waals surface area contributed by atoms with Gasteiger partial charge in [0.15, 0.2) is 0 Å². The molecule has 2 aromatic carbocycles. The van der Waals surface area contributed by atoms with E-state index in [1.807, 2.05) is 57.9 Å². The summed E-state index contributed by atoms with van der Waals surface area (Å²) in [6.07, 6.45) is 1.79. The quantitative estimate of drug-likeness (QED) is 0.477. The zero-order valence-electron chi connectivity index (χ0n) is 12.2. The summed E-state index contributed by atoms with van der Waals surface area (Å²) in [5, 5.41) is 17.1. The van der Waals surface area contributed by atoms with Crippen molar-refractivity contribution in [2.24, 2.45) is 0 Å². The second kappa shape index (κ2) is 4.61. The lowest BCUT2D eigenvalue weighted by molar-refractivity contribution is 0.633. The minimum Gasteiger partial charge on any atom is -0.239 e. The summed E-state index contributed by atoms with van der Waals surface area (Å²) < 4.78 is 3.81. The molecule has 6 nitrogen and oxygen atoms in total. The van der Waals surface area contributed by atoms with Gasteiger partial charge in [-0.3, -0.25) is 0 Å². The van der Waals surface area contributed by atoms with Crippen LogP contribution in [0, 0.1) is 0 Å². The van der Waals surface area contributed by atoms with Crippen molar-refractivity contribution >= 4 is 0 Å². The first kappa shape index (κ1) is 12.3. The highest BCUT2D eigenvalue weighted by molar-refractivity contribution is 5.72. The van der Waals surface area contributed by atoms with E-state index in [2.05, 4.69) is 26.7 Å². The van der Waals surface area contributed by atoms with Crippen LogP contribution in [0.5, 0.6) is 0 Å². The molecule has 0 unspecified atom stereocenters. The molecule has 0 saturated carbocycles. The number of hydrogen-bond donors (Lipinski definition) is 0. The standard InChI is InChI=1S/C17H12N6/c1-2-6-12(7-3-1)17-16-11-22-15(10-18-20-22)13-8-4-5-9-14(13)23(16)21-19-17/h1-10H,11H2. The Kier molecular flexibility index (Phi) is 2.46.